The maximum absolute atomic E-state index is 8.45. The SMILES string of the molecule is CC(O)C[NH-].CC1CO1.I.[CH2-]N.[CH2-]NCC(C)O.[NH2-].[W+2].[W+2]. The summed E-state index contributed by atoms with van der Waals surface area (Å²) >= 11 is 0. The summed E-state index contributed by atoms with van der Waals surface area (Å²) < 4.78 is 4.71. The molecule has 1 rings (SSSR count). The molecule has 0 amide bonds. The average Bonchev–Trinajstić information content (AvgIpc) is 3.05. The van der Waals surface area contributed by atoms with Gasteiger partial charge in [-0.05, 0) is 27.3 Å². The van der Waals surface area contributed by atoms with Crippen LogP contribution < -0.4 is 11.1 Å². The van der Waals surface area contributed by atoms with E-state index >= 15 is 0 Å². The minimum atomic E-state index is -0.449. The van der Waals surface area contributed by atoms with Crippen LogP contribution in [0.15, 0.2) is 0 Å². The molecule has 21 heavy (non-hydrogen) atoms. The minimum absolute atomic E-state index is 0. The van der Waals surface area contributed by atoms with Crippen LogP contribution in [0.25, 0.3) is 11.9 Å². The van der Waals surface area contributed by atoms with Gasteiger partial charge in [-0.1, -0.05) is 0 Å². The van der Waals surface area contributed by atoms with Crippen LogP contribution in [-0.2, 0) is 46.9 Å². The quantitative estimate of drug-likeness (QED) is 0.196. The maximum Gasteiger partial charge on any atom is 2.00 e. The first-order valence-electron chi connectivity index (χ1n) is 5.47. The summed E-state index contributed by atoms with van der Waals surface area (Å²) in [7, 11) is 6.07. The summed E-state index contributed by atoms with van der Waals surface area (Å²) in [6.45, 7) is 7.02. The van der Waals surface area contributed by atoms with Crippen molar-refractivity contribution in [3.05, 3.63) is 26.0 Å². The summed E-state index contributed by atoms with van der Waals surface area (Å²) in [5.74, 6) is 0. The number of aliphatic hydroxyl groups is 2. The predicted octanol–water partition coefficient (Wildman–Crippen LogP) is 1.64. The molecular weight excluding hydrogens is 731 g/mol. The molecule has 132 valence electrons. The zero-order valence-corrected chi connectivity index (χ0v) is 21.1. The summed E-state index contributed by atoms with van der Waals surface area (Å²) in [5.41, 5.74) is 10.7. The molecule has 0 aromatic rings. The number of ether oxygens (including phenoxy) is 1. The predicted molar refractivity (Wildman–Crippen MR) is 91.6 cm³/mol. The molecule has 7 nitrogen and oxygen atoms in total. The molecule has 1 fully saturated rings. The molecule has 0 aromatic heterocycles. The van der Waals surface area contributed by atoms with Crippen LogP contribution in [0.2, 0.25) is 0 Å². The number of hydrogen-bond acceptors (Lipinski definition) is 5. The molecule has 1 aliphatic heterocycles. The molecule has 10 heteroatoms. The second-order valence-corrected chi connectivity index (χ2v) is 3.50. The van der Waals surface area contributed by atoms with E-state index in [2.05, 4.69) is 32.1 Å². The second kappa shape index (κ2) is 37.8. The van der Waals surface area contributed by atoms with Crippen molar-refractivity contribution in [2.45, 2.75) is 39.1 Å². The number of hydrogen-bond donors (Lipinski definition) is 4. The number of aliphatic hydroxyl groups excluding tert-OH is 2. The Hall–Kier alpha value is 1.83. The molecule has 0 aromatic carbocycles. The van der Waals surface area contributed by atoms with E-state index in [1.807, 2.05) is 0 Å². The van der Waals surface area contributed by atoms with Crippen molar-refractivity contribution in [1.29, 1.82) is 0 Å². The standard InChI is InChI=1S/C4H10NO.C3H8NO.C3H6O.CH4N.HI.H2N.2W/c1-4(6)3-5-2;1-3(5)2-4;1-3-2-4-3;1-2;;;;/h4-6H,2-3H2,1H3;3-5H,2H2,1H3;3H,2H2,1H3;1-2H2;1H;1H2;;/q2*-1;;-1;;-1;2*+2. The van der Waals surface area contributed by atoms with Gasteiger partial charge in [0.15, 0.2) is 0 Å². The number of rotatable bonds is 3. The van der Waals surface area contributed by atoms with Crippen molar-refractivity contribution in [2.24, 2.45) is 5.73 Å². The number of epoxide rings is 1. The van der Waals surface area contributed by atoms with Gasteiger partial charge in [-0.3, -0.25) is 14.1 Å². The van der Waals surface area contributed by atoms with Gasteiger partial charge in [0.25, 0.3) is 0 Å². The first-order valence-corrected chi connectivity index (χ1v) is 5.47. The molecule has 0 bridgehead atoms. The van der Waals surface area contributed by atoms with Crippen LogP contribution in [0.4, 0.5) is 0 Å². The van der Waals surface area contributed by atoms with E-state index in [4.69, 9.17) is 20.7 Å². The van der Waals surface area contributed by atoms with Crippen molar-refractivity contribution < 1.29 is 57.1 Å². The van der Waals surface area contributed by atoms with Gasteiger partial charge < -0.3 is 37.9 Å². The molecule has 3 atom stereocenters. The van der Waals surface area contributed by atoms with Gasteiger partial charge in [-0.25, -0.2) is 0 Å². The van der Waals surface area contributed by atoms with Crippen molar-refractivity contribution in [3.8, 4) is 0 Å². The Balaban J connectivity index is -0.0000000244. The Morgan fingerprint density at radius 1 is 1.29 bits per heavy atom. The van der Waals surface area contributed by atoms with Crippen molar-refractivity contribution in [1.82, 2.24) is 5.32 Å². The molecular formula is C11H31IN4O3W2. The normalized spacial score (nSPS) is 15.6. The molecule has 3 unspecified atom stereocenters. The second-order valence-electron chi connectivity index (χ2n) is 3.50. The van der Waals surface area contributed by atoms with Gasteiger partial charge in [0.1, 0.15) is 0 Å². The first kappa shape index (κ1) is 43.4. The average molecular weight is 762 g/mol. The fourth-order valence-corrected chi connectivity index (χ4v) is 0.305. The van der Waals surface area contributed by atoms with E-state index in [1.165, 1.54) is 0 Å². The van der Waals surface area contributed by atoms with E-state index in [0.29, 0.717) is 12.6 Å². The molecule has 0 aliphatic carbocycles. The first-order chi connectivity index (χ1) is 7.93. The number of nitrogens with two attached hydrogens (primary N) is 2. The van der Waals surface area contributed by atoms with Crippen LogP contribution in [-0.4, -0.2) is 48.2 Å². The van der Waals surface area contributed by atoms with Gasteiger partial charge in [0, 0.05) is 6.10 Å². The smallest absolute Gasteiger partial charge is 0.693 e. The van der Waals surface area contributed by atoms with E-state index in [0.717, 1.165) is 6.61 Å². The maximum atomic E-state index is 8.45. The fourth-order valence-electron chi connectivity index (χ4n) is 0.305. The van der Waals surface area contributed by atoms with E-state index in [-0.39, 0.29) is 84.9 Å². The van der Waals surface area contributed by atoms with Gasteiger partial charge >= 0.3 is 42.1 Å². The summed E-state index contributed by atoms with van der Waals surface area (Å²) in [5, 5.41) is 19.2. The van der Waals surface area contributed by atoms with E-state index in [1.54, 1.807) is 13.8 Å². The van der Waals surface area contributed by atoms with Crippen LogP contribution in [0.5, 0.6) is 0 Å². The summed E-state index contributed by atoms with van der Waals surface area (Å²) in [6.07, 6.45) is -0.141. The molecule has 0 saturated carbocycles. The Morgan fingerprint density at radius 3 is 1.52 bits per heavy atom. The Labute approximate surface area is 175 Å². The van der Waals surface area contributed by atoms with Gasteiger partial charge in [0.2, 0.25) is 0 Å². The molecule has 1 saturated heterocycles. The van der Waals surface area contributed by atoms with Crippen LogP contribution in [0.3, 0.4) is 0 Å². The van der Waals surface area contributed by atoms with E-state index < -0.39 is 6.10 Å². The molecule has 1 heterocycles. The molecule has 8 N–H and O–H groups in total. The van der Waals surface area contributed by atoms with Crippen LogP contribution >= 0.6 is 24.0 Å². The third-order valence-electron chi connectivity index (χ3n) is 1.24. The number of nitrogens with one attached hydrogen (secondary N) is 2. The van der Waals surface area contributed by atoms with Gasteiger partial charge in [-0.2, -0.15) is 0 Å². The van der Waals surface area contributed by atoms with Gasteiger partial charge in [-0.15, -0.1) is 30.5 Å². The van der Waals surface area contributed by atoms with Crippen molar-refractivity contribution in [3.63, 3.8) is 0 Å². The van der Waals surface area contributed by atoms with E-state index in [9.17, 15) is 0 Å². The molecule has 0 spiro atoms. The summed E-state index contributed by atoms with van der Waals surface area (Å²) in [6, 6.07) is 0. The fraction of sp³-hybridized carbons (Fsp3) is 0.818. The van der Waals surface area contributed by atoms with Crippen molar-refractivity contribution in [2.75, 3.05) is 19.7 Å². The third-order valence-corrected chi connectivity index (χ3v) is 1.24. The monoisotopic (exact) mass is 762 g/mol. The molecule has 0 radical (unpaired) electrons. The third kappa shape index (κ3) is 88.9. The summed E-state index contributed by atoms with van der Waals surface area (Å²) in [4.78, 5) is 0. The largest absolute Gasteiger partial charge is 2.00 e. The molecule has 1 aliphatic rings. The zero-order valence-electron chi connectivity index (χ0n) is 12.9. The topological polar surface area (TPSA) is 148 Å². The number of halogens is 1. The van der Waals surface area contributed by atoms with Crippen LogP contribution in [0, 0.1) is 14.1 Å². The Bertz CT molecular complexity index is 138. The minimum Gasteiger partial charge on any atom is -0.693 e. The zero-order chi connectivity index (χ0) is 14.3. The van der Waals surface area contributed by atoms with Crippen molar-refractivity contribution >= 4 is 24.0 Å². The van der Waals surface area contributed by atoms with Crippen LogP contribution in [0.1, 0.15) is 20.8 Å². The Morgan fingerprint density at radius 2 is 1.52 bits per heavy atom. The Kier molecular flexibility index (Phi) is 78.1. The van der Waals surface area contributed by atoms with Gasteiger partial charge in [0.05, 0.1) is 18.8 Å².